The molecule has 8 nitrogen and oxygen atoms in total. The average Bonchev–Trinajstić information content (AvgIpc) is 3.57. The first-order valence-corrected chi connectivity index (χ1v) is 10.6. The standard InChI is InChI=1S/C24H28N2O6/c1-15-9-18(12-23(28)26(15)17-6-7-17)32-19-13-25(14-19)22(27)8-5-16-10-20(29-2)24(31-4)21(11-16)30-3/h5,8-12,17,19H,6-7,13-14H2,1-4H3/b8-5+. The van der Waals surface area contributed by atoms with Gasteiger partial charge in [0, 0.05) is 23.9 Å². The van der Waals surface area contributed by atoms with Gasteiger partial charge in [-0.3, -0.25) is 9.59 Å². The molecule has 1 aliphatic heterocycles. The number of carbonyl (C=O) groups excluding carboxylic acids is 1. The van der Waals surface area contributed by atoms with Crippen LogP contribution in [-0.2, 0) is 4.79 Å². The molecular formula is C24H28N2O6. The lowest BCUT2D eigenvalue weighted by molar-refractivity contribution is -0.134. The first-order chi connectivity index (χ1) is 15.4. The normalized spacial score (nSPS) is 16.1. The molecule has 0 atom stereocenters. The first kappa shape index (κ1) is 21.8. The predicted octanol–water partition coefficient (Wildman–Crippen LogP) is 2.82. The highest BCUT2D eigenvalue weighted by molar-refractivity contribution is 5.92. The Hall–Kier alpha value is -3.42. The molecule has 170 valence electrons. The molecule has 2 aliphatic rings. The van der Waals surface area contributed by atoms with Crippen LogP contribution in [0.25, 0.3) is 6.08 Å². The SMILES string of the molecule is COc1cc(/C=C/C(=O)N2CC(Oc3cc(C)n(C4CC4)c(=O)c3)C2)cc(OC)c1OC. The van der Waals surface area contributed by atoms with E-state index in [1.807, 2.05) is 17.6 Å². The van der Waals surface area contributed by atoms with E-state index in [2.05, 4.69) is 0 Å². The summed E-state index contributed by atoms with van der Waals surface area (Å²) in [7, 11) is 4.64. The van der Waals surface area contributed by atoms with Crippen LogP contribution in [0.4, 0.5) is 0 Å². The number of ether oxygens (including phenoxy) is 4. The predicted molar refractivity (Wildman–Crippen MR) is 120 cm³/mol. The summed E-state index contributed by atoms with van der Waals surface area (Å²) in [6, 6.07) is 7.33. The van der Waals surface area contributed by atoms with Gasteiger partial charge in [-0.05, 0) is 49.6 Å². The van der Waals surface area contributed by atoms with Crippen molar-refractivity contribution in [3.63, 3.8) is 0 Å². The summed E-state index contributed by atoms with van der Waals surface area (Å²) in [6.07, 6.45) is 5.22. The van der Waals surface area contributed by atoms with Crippen LogP contribution in [0.15, 0.2) is 35.1 Å². The third-order valence-electron chi connectivity index (χ3n) is 5.71. The van der Waals surface area contributed by atoms with Crippen LogP contribution < -0.4 is 24.5 Å². The molecule has 0 unspecified atom stereocenters. The highest BCUT2D eigenvalue weighted by atomic mass is 16.5. The molecule has 0 bridgehead atoms. The Labute approximate surface area is 186 Å². The van der Waals surface area contributed by atoms with Gasteiger partial charge in [-0.15, -0.1) is 0 Å². The second-order valence-corrected chi connectivity index (χ2v) is 8.05. The maximum atomic E-state index is 12.5. The number of likely N-dealkylation sites (tertiary alicyclic amines) is 1. The molecule has 4 rings (SSSR count). The highest BCUT2D eigenvalue weighted by Crippen LogP contribution is 2.38. The lowest BCUT2D eigenvalue weighted by Crippen LogP contribution is -2.55. The summed E-state index contributed by atoms with van der Waals surface area (Å²) in [5, 5.41) is 0. The molecule has 2 heterocycles. The number of benzene rings is 1. The summed E-state index contributed by atoms with van der Waals surface area (Å²) in [4.78, 5) is 26.5. The van der Waals surface area contributed by atoms with Crippen LogP contribution in [0.5, 0.6) is 23.0 Å². The zero-order chi connectivity index (χ0) is 22.8. The van der Waals surface area contributed by atoms with Crippen LogP contribution >= 0.6 is 0 Å². The Morgan fingerprint density at radius 3 is 2.19 bits per heavy atom. The van der Waals surface area contributed by atoms with Gasteiger partial charge in [0.25, 0.3) is 5.56 Å². The Morgan fingerprint density at radius 1 is 1.00 bits per heavy atom. The third-order valence-corrected chi connectivity index (χ3v) is 5.71. The van der Waals surface area contributed by atoms with Gasteiger partial charge in [-0.2, -0.15) is 0 Å². The second kappa shape index (κ2) is 8.98. The summed E-state index contributed by atoms with van der Waals surface area (Å²) < 4.78 is 23.8. The maximum absolute atomic E-state index is 12.5. The molecule has 2 aromatic rings. The second-order valence-electron chi connectivity index (χ2n) is 8.05. The van der Waals surface area contributed by atoms with E-state index in [1.165, 1.54) is 6.08 Å². The molecule has 0 radical (unpaired) electrons. The van der Waals surface area contributed by atoms with E-state index < -0.39 is 0 Å². The van der Waals surface area contributed by atoms with E-state index in [0.717, 1.165) is 24.1 Å². The number of pyridine rings is 1. The number of aromatic nitrogens is 1. The fourth-order valence-electron chi connectivity index (χ4n) is 3.91. The van der Waals surface area contributed by atoms with E-state index >= 15 is 0 Å². The van der Waals surface area contributed by atoms with Crippen molar-refractivity contribution in [1.29, 1.82) is 0 Å². The number of amides is 1. The molecule has 1 aromatic carbocycles. The zero-order valence-electron chi connectivity index (χ0n) is 18.8. The molecule has 2 fully saturated rings. The number of rotatable bonds is 8. The largest absolute Gasteiger partial charge is 0.493 e. The van der Waals surface area contributed by atoms with E-state index in [9.17, 15) is 9.59 Å². The minimum absolute atomic E-state index is 0.0250. The molecule has 1 saturated carbocycles. The zero-order valence-corrected chi connectivity index (χ0v) is 18.8. The molecule has 1 aromatic heterocycles. The fraction of sp³-hybridized carbons (Fsp3) is 0.417. The third kappa shape index (κ3) is 4.44. The van der Waals surface area contributed by atoms with Crippen molar-refractivity contribution in [2.24, 2.45) is 0 Å². The van der Waals surface area contributed by atoms with Crippen molar-refractivity contribution in [1.82, 2.24) is 9.47 Å². The highest BCUT2D eigenvalue weighted by Gasteiger charge is 2.32. The lowest BCUT2D eigenvalue weighted by Gasteiger charge is -2.38. The number of methoxy groups -OCH3 is 3. The van der Waals surface area contributed by atoms with Crippen molar-refractivity contribution >= 4 is 12.0 Å². The van der Waals surface area contributed by atoms with Gasteiger partial charge in [-0.1, -0.05) is 0 Å². The quantitative estimate of drug-likeness (QED) is 0.588. The van der Waals surface area contributed by atoms with Crippen molar-refractivity contribution in [3.05, 3.63) is 52.0 Å². The van der Waals surface area contributed by atoms with Gasteiger partial charge in [0.05, 0.1) is 34.4 Å². The maximum Gasteiger partial charge on any atom is 0.254 e. The Balaban J connectivity index is 1.35. The Kier molecular flexibility index (Phi) is 6.12. The van der Waals surface area contributed by atoms with E-state index in [4.69, 9.17) is 18.9 Å². The van der Waals surface area contributed by atoms with Crippen molar-refractivity contribution in [2.75, 3.05) is 34.4 Å². The van der Waals surface area contributed by atoms with Gasteiger partial charge in [0.15, 0.2) is 11.5 Å². The van der Waals surface area contributed by atoms with Gasteiger partial charge >= 0.3 is 0 Å². The monoisotopic (exact) mass is 440 g/mol. The number of nitrogens with zero attached hydrogens (tertiary/aromatic N) is 2. The molecule has 1 saturated heterocycles. The lowest BCUT2D eigenvalue weighted by atomic mass is 10.1. The van der Waals surface area contributed by atoms with E-state index in [0.29, 0.717) is 42.1 Å². The summed E-state index contributed by atoms with van der Waals surface area (Å²) in [6.45, 7) is 2.88. The number of carbonyl (C=O) groups is 1. The number of aryl methyl sites for hydroxylation is 1. The first-order valence-electron chi connectivity index (χ1n) is 10.6. The minimum Gasteiger partial charge on any atom is -0.493 e. The summed E-state index contributed by atoms with van der Waals surface area (Å²) in [5.74, 6) is 2.00. The topological polar surface area (TPSA) is 79.2 Å². The average molecular weight is 440 g/mol. The van der Waals surface area contributed by atoms with E-state index in [-0.39, 0.29) is 17.6 Å². The van der Waals surface area contributed by atoms with Crippen molar-refractivity contribution < 1.29 is 23.7 Å². The Bertz CT molecular complexity index is 1070. The molecule has 8 heteroatoms. The van der Waals surface area contributed by atoms with Gasteiger partial charge in [0.1, 0.15) is 11.9 Å². The van der Waals surface area contributed by atoms with Gasteiger partial charge < -0.3 is 28.4 Å². The molecule has 1 aliphatic carbocycles. The molecule has 32 heavy (non-hydrogen) atoms. The number of hydrogen-bond acceptors (Lipinski definition) is 6. The smallest absolute Gasteiger partial charge is 0.254 e. The van der Waals surface area contributed by atoms with Gasteiger partial charge in [-0.25, -0.2) is 0 Å². The Morgan fingerprint density at radius 2 is 1.66 bits per heavy atom. The summed E-state index contributed by atoms with van der Waals surface area (Å²) >= 11 is 0. The number of hydrogen-bond donors (Lipinski definition) is 0. The van der Waals surface area contributed by atoms with Crippen molar-refractivity contribution in [2.45, 2.75) is 31.9 Å². The van der Waals surface area contributed by atoms with Crippen LogP contribution in [0, 0.1) is 6.92 Å². The van der Waals surface area contributed by atoms with Crippen LogP contribution in [0.1, 0.15) is 30.1 Å². The molecule has 0 spiro atoms. The van der Waals surface area contributed by atoms with Crippen LogP contribution in [-0.4, -0.2) is 55.9 Å². The molecule has 0 N–H and O–H groups in total. The molecule has 1 amide bonds. The minimum atomic E-state index is -0.121. The van der Waals surface area contributed by atoms with Gasteiger partial charge in [0.2, 0.25) is 11.7 Å². The van der Waals surface area contributed by atoms with Crippen molar-refractivity contribution in [3.8, 4) is 23.0 Å². The molecular weight excluding hydrogens is 412 g/mol. The van der Waals surface area contributed by atoms with Crippen LogP contribution in [0.3, 0.4) is 0 Å². The fourth-order valence-corrected chi connectivity index (χ4v) is 3.91. The van der Waals surface area contributed by atoms with E-state index in [1.54, 1.807) is 50.5 Å². The summed E-state index contributed by atoms with van der Waals surface area (Å²) in [5.41, 5.74) is 1.64. The van der Waals surface area contributed by atoms with Crippen LogP contribution in [0.2, 0.25) is 0 Å².